The third kappa shape index (κ3) is 4.02. The SMILES string of the molecule is c1ccc2c(-c3ccc(-c4ccc(-c5ccc6ccc7cccc8ccc5c6c78)c5c4oc4c6ccccc6ccc45)c4ccccc34)cccc2c1. The topological polar surface area (TPSA) is 13.1 Å². The zero-order valence-electron chi connectivity index (χ0n) is 28.7. The molecule has 0 aliphatic heterocycles. The summed E-state index contributed by atoms with van der Waals surface area (Å²) < 4.78 is 7.16. The molecule has 244 valence electrons. The van der Waals surface area contributed by atoms with E-state index in [1.54, 1.807) is 0 Å². The molecule has 12 rings (SSSR count). The van der Waals surface area contributed by atoms with Crippen molar-refractivity contribution in [3.05, 3.63) is 182 Å². The fourth-order valence-corrected chi connectivity index (χ4v) is 9.24. The first kappa shape index (κ1) is 28.7. The van der Waals surface area contributed by atoms with Crippen LogP contribution in [0.25, 0.3) is 120 Å². The highest BCUT2D eigenvalue weighted by atomic mass is 16.3. The van der Waals surface area contributed by atoms with E-state index in [2.05, 4.69) is 182 Å². The summed E-state index contributed by atoms with van der Waals surface area (Å²) in [6.07, 6.45) is 0. The summed E-state index contributed by atoms with van der Waals surface area (Å²) in [6, 6.07) is 66.7. The van der Waals surface area contributed by atoms with Gasteiger partial charge in [-0.15, -0.1) is 0 Å². The highest BCUT2D eigenvalue weighted by Gasteiger charge is 2.22. The van der Waals surface area contributed by atoms with Gasteiger partial charge in [0.1, 0.15) is 11.2 Å². The summed E-state index contributed by atoms with van der Waals surface area (Å²) in [5.74, 6) is 0. The van der Waals surface area contributed by atoms with E-state index in [9.17, 15) is 0 Å². The monoisotopic (exact) mass is 670 g/mol. The largest absolute Gasteiger partial charge is 0.455 e. The van der Waals surface area contributed by atoms with Gasteiger partial charge >= 0.3 is 0 Å². The number of furan rings is 1. The molecule has 0 atom stereocenters. The van der Waals surface area contributed by atoms with Gasteiger partial charge in [-0.1, -0.05) is 170 Å². The van der Waals surface area contributed by atoms with Crippen LogP contribution in [0.5, 0.6) is 0 Å². The lowest BCUT2D eigenvalue weighted by molar-refractivity contribution is 0.674. The standard InChI is InChI=1S/C52H30O/c1-3-14-36-31(9-1)11-8-18-38(36)41-27-28-42(40-17-6-5-16-39(40)41)46-30-29-45(50-47-26-21-32-10-2-4-15-37(32)51(47)53-52(46)50)43-24-22-35-20-19-33-12-7-13-34-23-25-44(43)49(35)48(33)34/h1-30H. The second-order valence-electron chi connectivity index (χ2n) is 14.3. The first-order valence-electron chi connectivity index (χ1n) is 18.3. The quantitative estimate of drug-likeness (QED) is 0.171. The molecular weight excluding hydrogens is 641 g/mol. The predicted molar refractivity (Wildman–Crippen MR) is 226 cm³/mol. The lowest BCUT2D eigenvalue weighted by Crippen LogP contribution is -1.90. The van der Waals surface area contributed by atoms with Crippen LogP contribution in [0.2, 0.25) is 0 Å². The average molecular weight is 671 g/mol. The highest BCUT2D eigenvalue weighted by Crippen LogP contribution is 2.48. The smallest absolute Gasteiger partial charge is 0.143 e. The molecule has 0 N–H and O–H groups in total. The van der Waals surface area contributed by atoms with Crippen molar-refractivity contribution in [2.24, 2.45) is 0 Å². The molecule has 1 nitrogen and oxygen atoms in total. The Bertz CT molecular complexity index is 3430. The van der Waals surface area contributed by atoms with Gasteiger partial charge in [0.2, 0.25) is 0 Å². The molecule has 1 aromatic heterocycles. The van der Waals surface area contributed by atoms with Crippen LogP contribution in [0.15, 0.2) is 186 Å². The lowest BCUT2D eigenvalue weighted by Gasteiger charge is -2.16. The van der Waals surface area contributed by atoms with E-state index in [1.807, 2.05) is 0 Å². The van der Waals surface area contributed by atoms with Crippen LogP contribution < -0.4 is 0 Å². The molecule has 0 aliphatic carbocycles. The van der Waals surface area contributed by atoms with Crippen LogP contribution in [-0.2, 0) is 0 Å². The molecule has 11 aromatic carbocycles. The van der Waals surface area contributed by atoms with Crippen LogP contribution in [0.3, 0.4) is 0 Å². The third-order valence-electron chi connectivity index (χ3n) is 11.6. The first-order valence-corrected chi connectivity index (χ1v) is 18.3. The minimum atomic E-state index is 0.919. The Morgan fingerprint density at radius 3 is 1.45 bits per heavy atom. The van der Waals surface area contributed by atoms with E-state index in [-0.39, 0.29) is 0 Å². The zero-order valence-corrected chi connectivity index (χ0v) is 28.7. The van der Waals surface area contributed by atoms with Crippen LogP contribution in [0.1, 0.15) is 0 Å². The van der Waals surface area contributed by atoms with E-state index in [0.29, 0.717) is 0 Å². The van der Waals surface area contributed by atoms with E-state index >= 15 is 0 Å². The molecule has 0 amide bonds. The van der Waals surface area contributed by atoms with Crippen molar-refractivity contribution in [1.82, 2.24) is 0 Å². The zero-order chi connectivity index (χ0) is 34.6. The summed E-state index contributed by atoms with van der Waals surface area (Å²) in [6.45, 7) is 0. The molecule has 1 heteroatoms. The van der Waals surface area contributed by atoms with Crippen LogP contribution in [-0.4, -0.2) is 0 Å². The van der Waals surface area contributed by atoms with Gasteiger partial charge in [-0.2, -0.15) is 0 Å². The molecule has 0 bridgehead atoms. The van der Waals surface area contributed by atoms with Crippen molar-refractivity contribution in [3.8, 4) is 33.4 Å². The van der Waals surface area contributed by atoms with Crippen molar-refractivity contribution in [1.29, 1.82) is 0 Å². The van der Waals surface area contributed by atoms with Gasteiger partial charge < -0.3 is 4.42 Å². The molecular formula is C52H30O. The average Bonchev–Trinajstić information content (AvgIpc) is 3.63. The predicted octanol–water partition coefficient (Wildman–Crippen LogP) is 14.9. The van der Waals surface area contributed by atoms with E-state index in [0.717, 1.165) is 32.9 Å². The van der Waals surface area contributed by atoms with Gasteiger partial charge in [-0.25, -0.2) is 0 Å². The Balaban J connectivity index is 1.18. The summed E-state index contributed by atoms with van der Waals surface area (Å²) in [5, 5.41) is 17.3. The molecule has 0 spiro atoms. The number of benzene rings is 11. The van der Waals surface area contributed by atoms with Crippen molar-refractivity contribution >= 4 is 86.6 Å². The normalized spacial score (nSPS) is 12.2. The molecule has 12 aromatic rings. The van der Waals surface area contributed by atoms with E-state index in [1.165, 1.54) is 87.1 Å². The summed E-state index contributed by atoms with van der Waals surface area (Å²) in [4.78, 5) is 0. The Morgan fingerprint density at radius 2 is 0.660 bits per heavy atom. The van der Waals surface area contributed by atoms with Crippen LogP contribution in [0, 0.1) is 0 Å². The number of fused-ring (bicyclic) bond motifs is 7. The van der Waals surface area contributed by atoms with Gasteiger partial charge in [0, 0.05) is 21.7 Å². The van der Waals surface area contributed by atoms with Gasteiger partial charge in [-0.3, -0.25) is 0 Å². The maximum absolute atomic E-state index is 7.16. The number of rotatable bonds is 3. The summed E-state index contributed by atoms with van der Waals surface area (Å²) >= 11 is 0. The van der Waals surface area contributed by atoms with E-state index in [4.69, 9.17) is 4.42 Å². The molecule has 0 saturated carbocycles. The second kappa shape index (κ2) is 10.8. The summed E-state index contributed by atoms with van der Waals surface area (Å²) in [5.41, 5.74) is 9.01. The minimum Gasteiger partial charge on any atom is -0.455 e. The van der Waals surface area contributed by atoms with Crippen LogP contribution >= 0.6 is 0 Å². The van der Waals surface area contributed by atoms with E-state index < -0.39 is 0 Å². The molecule has 0 radical (unpaired) electrons. The van der Waals surface area contributed by atoms with Crippen molar-refractivity contribution in [2.45, 2.75) is 0 Å². The van der Waals surface area contributed by atoms with Gasteiger partial charge in [0.05, 0.1) is 0 Å². The molecule has 0 aliphatic rings. The molecule has 1 heterocycles. The maximum Gasteiger partial charge on any atom is 0.143 e. The molecule has 0 fully saturated rings. The first-order chi connectivity index (χ1) is 26.3. The second-order valence-corrected chi connectivity index (χ2v) is 14.3. The minimum absolute atomic E-state index is 0.919. The van der Waals surface area contributed by atoms with Gasteiger partial charge in [-0.05, 0) is 99.2 Å². The van der Waals surface area contributed by atoms with Gasteiger partial charge in [0.25, 0.3) is 0 Å². The van der Waals surface area contributed by atoms with Crippen LogP contribution in [0.4, 0.5) is 0 Å². The van der Waals surface area contributed by atoms with Gasteiger partial charge in [0.15, 0.2) is 0 Å². The number of hydrogen-bond acceptors (Lipinski definition) is 1. The molecule has 0 saturated heterocycles. The Hall–Kier alpha value is -6.96. The Labute approximate surface area is 305 Å². The van der Waals surface area contributed by atoms with Crippen molar-refractivity contribution in [3.63, 3.8) is 0 Å². The lowest BCUT2D eigenvalue weighted by atomic mass is 9.86. The van der Waals surface area contributed by atoms with Crippen molar-refractivity contribution < 1.29 is 4.42 Å². The van der Waals surface area contributed by atoms with Crippen molar-refractivity contribution in [2.75, 3.05) is 0 Å². The fraction of sp³-hybridized carbons (Fsp3) is 0. The Kier molecular flexibility index (Phi) is 5.84. The Morgan fingerprint density at radius 1 is 0.208 bits per heavy atom. The fourth-order valence-electron chi connectivity index (χ4n) is 9.24. The third-order valence-corrected chi connectivity index (χ3v) is 11.6. The molecule has 0 unspecified atom stereocenters. The molecule has 53 heavy (non-hydrogen) atoms. The number of hydrogen-bond donors (Lipinski definition) is 0. The highest BCUT2D eigenvalue weighted by molar-refractivity contribution is 6.28. The summed E-state index contributed by atoms with van der Waals surface area (Å²) in [7, 11) is 0. The maximum atomic E-state index is 7.16.